The Morgan fingerprint density at radius 1 is 1.00 bits per heavy atom. The van der Waals surface area contributed by atoms with Crippen LogP contribution in [0.25, 0.3) is 11.5 Å². The molecule has 4 rings (SSSR count). The van der Waals surface area contributed by atoms with E-state index in [0.29, 0.717) is 36.4 Å². The SMILES string of the molecule is Nc1c(NCCNc2nnnn2-c2ccccc2)ncnc1-n1cccn1. The normalized spacial score (nSPS) is 10.7. The maximum absolute atomic E-state index is 6.15. The molecule has 11 heteroatoms. The van der Waals surface area contributed by atoms with E-state index in [0.717, 1.165) is 5.69 Å². The minimum Gasteiger partial charge on any atom is -0.393 e. The highest BCUT2D eigenvalue weighted by molar-refractivity contribution is 5.68. The van der Waals surface area contributed by atoms with Gasteiger partial charge in [0, 0.05) is 25.5 Å². The van der Waals surface area contributed by atoms with Gasteiger partial charge in [-0.25, -0.2) is 14.6 Å². The molecule has 0 spiro atoms. The summed E-state index contributed by atoms with van der Waals surface area (Å²) in [5.74, 6) is 1.62. The average molecular weight is 363 g/mol. The van der Waals surface area contributed by atoms with Crippen molar-refractivity contribution >= 4 is 17.5 Å². The monoisotopic (exact) mass is 363 g/mol. The minimum absolute atomic E-state index is 0.426. The van der Waals surface area contributed by atoms with E-state index in [1.54, 1.807) is 27.8 Å². The Labute approximate surface area is 154 Å². The number of nitrogens with zero attached hydrogens (tertiary/aromatic N) is 8. The lowest BCUT2D eigenvalue weighted by molar-refractivity contribution is 0.789. The lowest BCUT2D eigenvalue weighted by atomic mass is 10.3. The number of aromatic nitrogens is 8. The van der Waals surface area contributed by atoms with Crippen molar-refractivity contribution in [3.05, 3.63) is 55.1 Å². The third-order valence-corrected chi connectivity index (χ3v) is 3.76. The minimum atomic E-state index is 0.426. The molecule has 27 heavy (non-hydrogen) atoms. The van der Waals surface area contributed by atoms with E-state index >= 15 is 0 Å². The first-order chi connectivity index (χ1) is 13.3. The van der Waals surface area contributed by atoms with E-state index in [4.69, 9.17) is 5.73 Å². The molecule has 0 aliphatic heterocycles. The van der Waals surface area contributed by atoms with Crippen molar-refractivity contribution in [1.82, 2.24) is 40.0 Å². The molecule has 3 aromatic heterocycles. The van der Waals surface area contributed by atoms with Gasteiger partial charge in [0.05, 0.1) is 5.69 Å². The summed E-state index contributed by atoms with van der Waals surface area (Å²) in [7, 11) is 0. The standard InChI is InChI=1S/C16H17N11/c17-13-14(20-11-21-15(13)26-10-4-7-22-26)18-8-9-19-16-23-24-25-27(16)12-5-2-1-3-6-12/h1-7,10-11H,8-9,17H2,(H,18,20,21)(H,19,23,25). The number of benzene rings is 1. The Kier molecular flexibility index (Phi) is 4.55. The molecule has 0 amide bonds. The molecule has 0 aliphatic carbocycles. The molecule has 0 saturated carbocycles. The van der Waals surface area contributed by atoms with Crippen molar-refractivity contribution < 1.29 is 0 Å². The number of hydrogen-bond acceptors (Lipinski definition) is 9. The fourth-order valence-electron chi connectivity index (χ4n) is 2.50. The molecule has 0 saturated heterocycles. The van der Waals surface area contributed by atoms with Gasteiger partial charge in [-0.15, -0.1) is 0 Å². The summed E-state index contributed by atoms with van der Waals surface area (Å²) in [5, 5.41) is 22.2. The number of anilines is 3. The van der Waals surface area contributed by atoms with Gasteiger partial charge < -0.3 is 16.4 Å². The Morgan fingerprint density at radius 2 is 1.85 bits per heavy atom. The number of hydrogen-bond donors (Lipinski definition) is 3. The third-order valence-electron chi connectivity index (χ3n) is 3.76. The Hall–Kier alpha value is -4.02. The van der Waals surface area contributed by atoms with Crippen molar-refractivity contribution in [3.63, 3.8) is 0 Å². The highest BCUT2D eigenvalue weighted by atomic mass is 15.6. The lowest BCUT2D eigenvalue weighted by Crippen LogP contribution is -2.18. The van der Waals surface area contributed by atoms with Gasteiger partial charge in [-0.1, -0.05) is 23.3 Å². The summed E-state index contributed by atoms with van der Waals surface area (Å²) in [4.78, 5) is 8.36. The number of nitrogens with two attached hydrogens (primary N) is 1. The van der Waals surface area contributed by atoms with Crippen molar-refractivity contribution in [3.8, 4) is 11.5 Å². The number of rotatable bonds is 7. The molecule has 4 N–H and O–H groups in total. The van der Waals surface area contributed by atoms with Crippen molar-refractivity contribution in [2.45, 2.75) is 0 Å². The summed E-state index contributed by atoms with van der Waals surface area (Å²) in [5.41, 5.74) is 7.45. The molecule has 4 aromatic rings. The van der Waals surface area contributed by atoms with Gasteiger partial charge in [0.25, 0.3) is 0 Å². The van der Waals surface area contributed by atoms with Gasteiger partial charge in [0.15, 0.2) is 11.6 Å². The topological polar surface area (TPSA) is 137 Å². The average Bonchev–Trinajstić information content (AvgIpc) is 3.39. The van der Waals surface area contributed by atoms with E-state index in [1.165, 1.54) is 6.33 Å². The summed E-state index contributed by atoms with van der Waals surface area (Å²) < 4.78 is 3.23. The first-order valence-corrected chi connectivity index (χ1v) is 8.25. The molecule has 0 unspecified atom stereocenters. The highest BCUT2D eigenvalue weighted by Gasteiger charge is 2.10. The zero-order chi connectivity index (χ0) is 18.5. The lowest BCUT2D eigenvalue weighted by Gasteiger charge is -2.11. The molecular weight excluding hydrogens is 346 g/mol. The molecule has 0 atom stereocenters. The first-order valence-electron chi connectivity index (χ1n) is 8.25. The zero-order valence-electron chi connectivity index (χ0n) is 14.3. The molecule has 0 fully saturated rings. The van der Waals surface area contributed by atoms with Crippen LogP contribution in [-0.2, 0) is 0 Å². The summed E-state index contributed by atoms with van der Waals surface area (Å²) in [6.07, 6.45) is 4.88. The second-order valence-electron chi connectivity index (χ2n) is 5.51. The maximum atomic E-state index is 6.15. The van der Waals surface area contributed by atoms with Gasteiger partial charge in [0.1, 0.15) is 12.0 Å². The van der Waals surface area contributed by atoms with Crippen LogP contribution in [0, 0.1) is 0 Å². The van der Waals surface area contributed by atoms with Crippen LogP contribution >= 0.6 is 0 Å². The number of tetrazole rings is 1. The molecule has 1 aromatic carbocycles. The summed E-state index contributed by atoms with van der Waals surface area (Å²) in [6, 6.07) is 11.5. The largest absolute Gasteiger partial charge is 0.393 e. The highest BCUT2D eigenvalue weighted by Crippen LogP contribution is 2.20. The predicted molar refractivity (Wildman–Crippen MR) is 99.7 cm³/mol. The van der Waals surface area contributed by atoms with Gasteiger partial charge in [0.2, 0.25) is 5.95 Å². The van der Waals surface area contributed by atoms with Gasteiger partial charge in [-0.2, -0.15) is 9.78 Å². The molecule has 0 radical (unpaired) electrons. The first kappa shape index (κ1) is 16.4. The Balaban J connectivity index is 1.38. The van der Waals surface area contributed by atoms with Crippen molar-refractivity contribution in [2.75, 3.05) is 29.5 Å². The Bertz CT molecular complexity index is 994. The number of nitrogen functional groups attached to an aromatic ring is 1. The smallest absolute Gasteiger partial charge is 0.247 e. The van der Waals surface area contributed by atoms with Gasteiger partial charge >= 0.3 is 0 Å². The molecule has 3 heterocycles. The fraction of sp³-hybridized carbons (Fsp3) is 0.125. The fourth-order valence-corrected chi connectivity index (χ4v) is 2.50. The molecule has 0 bridgehead atoms. The van der Waals surface area contributed by atoms with Crippen LogP contribution in [-0.4, -0.2) is 53.0 Å². The van der Waals surface area contributed by atoms with E-state index in [2.05, 4.69) is 41.2 Å². The molecule has 11 nitrogen and oxygen atoms in total. The van der Waals surface area contributed by atoms with Crippen LogP contribution in [0.15, 0.2) is 55.1 Å². The van der Waals surface area contributed by atoms with Crippen LogP contribution in [0.4, 0.5) is 17.5 Å². The van der Waals surface area contributed by atoms with Crippen LogP contribution < -0.4 is 16.4 Å². The van der Waals surface area contributed by atoms with E-state index in [1.807, 2.05) is 30.3 Å². The van der Waals surface area contributed by atoms with Crippen molar-refractivity contribution in [2.24, 2.45) is 0 Å². The molecular formula is C16H17N11. The number of para-hydroxylation sites is 1. The van der Waals surface area contributed by atoms with Gasteiger partial charge in [-0.05, 0) is 28.6 Å². The maximum Gasteiger partial charge on any atom is 0.247 e. The van der Waals surface area contributed by atoms with Crippen molar-refractivity contribution in [1.29, 1.82) is 0 Å². The summed E-state index contributed by atoms with van der Waals surface area (Å²) in [6.45, 7) is 1.12. The van der Waals surface area contributed by atoms with E-state index in [9.17, 15) is 0 Å². The molecule has 136 valence electrons. The van der Waals surface area contributed by atoms with Crippen LogP contribution in [0.5, 0.6) is 0 Å². The second kappa shape index (κ2) is 7.47. The third kappa shape index (κ3) is 3.51. The van der Waals surface area contributed by atoms with Gasteiger partial charge in [-0.3, -0.25) is 0 Å². The molecule has 0 aliphatic rings. The van der Waals surface area contributed by atoms with Crippen LogP contribution in [0.3, 0.4) is 0 Å². The van der Waals surface area contributed by atoms with E-state index < -0.39 is 0 Å². The predicted octanol–water partition coefficient (Wildman–Crippen LogP) is 0.744. The Morgan fingerprint density at radius 3 is 2.67 bits per heavy atom. The quantitative estimate of drug-likeness (QED) is 0.406. The van der Waals surface area contributed by atoms with E-state index in [-0.39, 0.29) is 0 Å². The number of nitrogens with one attached hydrogen (secondary N) is 2. The summed E-state index contributed by atoms with van der Waals surface area (Å²) >= 11 is 0. The van der Waals surface area contributed by atoms with Crippen LogP contribution in [0.1, 0.15) is 0 Å². The van der Waals surface area contributed by atoms with Crippen LogP contribution in [0.2, 0.25) is 0 Å². The zero-order valence-corrected chi connectivity index (χ0v) is 14.3. The second-order valence-corrected chi connectivity index (χ2v) is 5.51.